The lowest BCUT2D eigenvalue weighted by atomic mass is 9.62. The quantitative estimate of drug-likeness (QED) is 0.164. The number of hydrogen-bond donors (Lipinski definition) is 0. The summed E-state index contributed by atoms with van der Waals surface area (Å²) in [7, 11) is 20.4. The van der Waals surface area contributed by atoms with Crippen LogP contribution in [-0.2, 0) is 5.41 Å². The van der Waals surface area contributed by atoms with Crippen molar-refractivity contribution in [3.8, 4) is 33.4 Å². The molecule has 0 aromatic heterocycles. The second-order valence-electron chi connectivity index (χ2n) is 14.8. The monoisotopic (exact) mass is 681 g/mol. The molecule has 10 rings (SSSR count). The van der Waals surface area contributed by atoms with Gasteiger partial charge in [0.15, 0.2) is 0 Å². The molecule has 0 fully saturated rings. The number of allylic oxidation sites excluding steroid dienone is 3. The number of anilines is 2. The highest BCUT2D eigenvalue weighted by atomic mass is 15.2. The molecule has 6 radical (unpaired) electrons. The van der Waals surface area contributed by atoms with Crippen molar-refractivity contribution in [3.05, 3.63) is 203 Å². The SMILES string of the molecule is [B]c1cc2c(c([B])c1[B])C1(c3ccccc3-c3ccccc31)c1cc(N(C3=CCC(C)C=C3c3ccccc3)c3ccc(-c4ccccc4)cc3)ccc1-2. The molecule has 7 aromatic rings. The summed E-state index contributed by atoms with van der Waals surface area (Å²) < 4.78 is 0. The average molecular weight is 681 g/mol. The molecule has 0 amide bonds. The maximum absolute atomic E-state index is 7.11. The van der Waals surface area contributed by atoms with Gasteiger partial charge in [-0.1, -0.05) is 158 Å². The fraction of sp³-hybridized carbons (Fsp3) is 0.0800. The molecule has 1 atom stereocenters. The van der Waals surface area contributed by atoms with E-state index in [1.165, 1.54) is 50.1 Å². The maximum atomic E-state index is 7.11. The van der Waals surface area contributed by atoms with Gasteiger partial charge in [0.1, 0.15) is 23.5 Å². The van der Waals surface area contributed by atoms with Crippen LogP contribution in [0, 0.1) is 5.92 Å². The van der Waals surface area contributed by atoms with Gasteiger partial charge < -0.3 is 4.90 Å². The lowest BCUT2D eigenvalue weighted by Crippen LogP contribution is -2.44. The molecule has 3 aliphatic carbocycles. The van der Waals surface area contributed by atoms with E-state index >= 15 is 0 Å². The molecule has 1 nitrogen and oxygen atoms in total. The summed E-state index contributed by atoms with van der Waals surface area (Å²) in [5.74, 6) is 0.412. The third-order valence-electron chi connectivity index (χ3n) is 11.7. The van der Waals surface area contributed by atoms with Gasteiger partial charge in [0.25, 0.3) is 0 Å². The van der Waals surface area contributed by atoms with Crippen molar-refractivity contribution in [2.45, 2.75) is 18.8 Å². The van der Waals surface area contributed by atoms with Gasteiger partial charge in [0.05, 0.1) is 5.41 Å². The van der Waals surface area contributed by atoms with Crippen LogP contribution in [-0.4, -0.2) is 23.5 Å². The van der Waals surface area contributed by atoms with E-state index in [2.05, 4.69) is 176 Å². The van der Waals surface area contributed by atoms with Crippen molar-refractivity contribution in [3.63, 3.8) is 0 Å². The molecule has 0 saturated carbocycles. The van der Waals surface area contributed by atoms with Gasteiger partial charge in [-0.25, -0.2) is 0 Å². The Hall–Kier alpha value is -5.99. The summed E-state index contributed by atoms with van der Waals surface area (Å²) >= 11 is 0. The largest absolute Gasteiger partial charge is 0.310 e. The van der Waals surface area contributed by atoms with E-state index < -0.39 is 5.41 Å². The van der Waals surface area contributed by atoms with Crippen molar-refractivity contribution >= 4 is 56.9 Å². The minimum atomic E-state index is -0.684. The Morgan fingerprint density at radius 2 is 1.07 bits per heavy atom. The second-order valence-corrected chi connectivity index (χ2v) is 14.8. The highest BCUT2D eigenvalue weighted by Crippen LogP contribution is 2.62. The van der Waals surface area contributed by atoms with Crippen molar-refractivity contribution in [1.29, 1.82) is 0 Å². The first-order chi connectivity index (χ1) is 26.4. The first-order valence-corrected chi connectivity index (χ1v) is 18.7. The third kappa shape index (κ3) is 4.76. The molecule has 0 N–H and O–H groups in total. The summed E-state index contributed by atoms with van der Waals surface area (Å²) in [5.41, 5.74) is 18.0. The molecule has 0 heterocycles. The van der Waals surface area contributed by atoms with Crippen LogP contribution >= 0.6 is 0 Å². The topological polar surface area (TPSA) is 3.24 Å². The summed E-state index contributed by atoms with van der Waals surface area (Å²) in [6, 6.07) is 56.7. The van der Waals surface area contributed by atoms with Crippen LogP contribution in [0.25, 0.3) is 39.0 Å². The molecule has 0 bridgehead atoms. The summed E-state index contributed by atoms with van der Waals surface area (Å²) in [5, 5.41) is 0. The van der Waals surface area contributed by atoms with Crippen LogP contribution in [0.4, 0.5) is 11.4 Å². The molecule has 1 unspecified atom stereocenters. The van der Waals surface area contributed by atoms with Gasteiger partial charge in [-0.3, -0.25) is 0 Å². The number of nitrogens with zero attached hydrogens (tertiary/aromatic N) is 1. The van der Waals surface area contributed by atoms with Crippen LogP contribution in [0.2, 0.25) is 0 Å². The second kappa shape index (κ2) is 12.6. The Morgan fingerprint density at radius 1 is 0.519 bits per heavy atom. The normalized spacial score (nSPS) is 15.8. The van der Waals surface area contributed by atoms with E-state index in [-0.39, 0.29) is 0 Å². The molecular weight excluding hydrogens is 647 g/mol. The van der Waals surface area contributed by atoms with Gasteiger partial charge in [-0.05, 0) is 97.8 Å². The van der Waals surface area contributed by atoms with E-state index in [0.717, 1.165) is 40.2 Å². The number of fused-ring (bicyclic) bond motifs is 10. The highest BCUT2D eigenvalue weighted by molar-refractivity contribution is 6.58. The minimum absolute atomic E-state index is 0.412. The maximum Gasteiger partial charge on any atom is 0.113 e. The first-order valence-electron chi connectivity index (χ1n) is 18.7. The van der Waals surface area contributed by atoms with Gasteiger partial charge >= 0.3 is 0 Å². The van der Waals surface area contributed by atoms with E-state index in [0.29, 0.717) is 22.3 Å². The number of rotatable bonds is 5. The molecule has 4 heteroatoms. The molecule has 0 saturated heterocycles. The van der Waals surface area contributed by atoms with Crippen molar-refractivity contribution in [1.82, 2.24) is 0 Å². The zero-order chi connectivity index (χ0) is 36.6. The molecule has 3 aliphatic rings. The van der Waals surface area contributed by atoms with Gasteiger partial charge in [0, 0.05) is 22.6 Å². The van der Waals surface area contributed by atoms with E-state index in [4.69, 9.17) is 23.5 Å². The molecule has 1 spiro atoms. The van der Waals surface area contributed by atoms with Crippen molar-refractivity contribution in [2.75, 3.05) is 4.90 Å². The number of hydrogen-bond acceptors (Lipinski definition) is 1. The Kier molecular flexibility index (Phi) is 7.60. The van der Waals surface area contributed by atoms with Gasteiger partial charge in [-0.2, -0.15) is 0 Å². The smallest absolute Gasteiger partial charge is 0.113 e. The fourth-order valence-corrected chi connectivity index (χ4v) is 9.28. The summed E-state index contributed by atoms with van der Waals surface area (Å²) in [6.07, 6.45) is 5.78. The van der Waals surface area contributed by atoms with Gasteiger partial charge in [-0.15, -0.1) is 10.9 Å². The van der Waals surface area contributed by atoms with Gasteiger partial charge in [0.2, 0.25) is 0 Å². The molecule has 54 heavy (non-hydrogen) atoms. The van der Waals surface area contributed by atoms with Crippen LogP contribution in [0.15, 0.2) is 176 Å². The molecule has 248 valence electrons. The predicted octanol–water partition coefficient (Wildman–Crippen LogP) is 9.22. The Bertz CT molecular complexity index is 2630. The predicted molar refractivity (Wildman–Crippen MR) is 229 cm³/mol. The van der Waals surface area contributed by atoms with Crippen molar-refractivity contribution < 1.29 is 0 Å². The van der Waals surface area contributed by atoms with Crippen LogP contribution in [0.5, 0.6) is 0 Å². The fourth-order valence-electron chi connectivity index (χ4n) is 9.28. The average Bonchev–Trinajstić information content (AvgIpc) is 3.68. The van der Waals surface area contributed by atoms with Crippen LogP contribution in [0.1, 0.15) is 41.2 Å². The first kappa shape index (κ1) is 32.6. The Labute approximate surface area is 322 Å². The molecule has 0 aliphatic heterocycles. The van der Waals surface area contributed by atoms with E-state index in [1.807, 2.05) is 6.07 Å². The summed E-state index contributed by atoms with van der Waals surface area (Å²) in [6.45, 7) is 2.29. The minimum Gasteiger partial charge on any atom is -0.310 e. The molecular formula is C50H34B3N. The standard InChI is InChI=1S/C50H34B3N/c1-31-20-27-46(40(28-31)34-14-6-3-7-15-34)54(35-23-21-33(22-24-35)32-12-4-2-5-13-32)36-25-26-39-41-30-45(51)48(52)49(53)47(41)50(44(39)29-36)42-18-10-8-16-37(42)38-17-9-11-19-43(38)50/h2-19,21-31H,20H2,1H3. The van der Waals surface area contributed by atoms with Crippen LogP contribution < -0.4 is 21.3 Å². The Morgan fingerprint density at radius 3 is 1.74 bits per heavy atom. The zero-order valence-corrected chi connectivity index (χ0v) is 30.1. The van der Waals surface area contributed by atoms with Crippen molar-refractivity contribution in [2.24, 2.45) is 5.92 Å². The van der Waals surface area contributed by atoms with E-state index in [9.17, 15) is 0 Å². The lowest BCUT2D eigenvalue weighted by molar-refractivity contribution is 0.732. The zero-order valence-electron chi connectivity index (χ0n) is 30.1. The third-order valence-corrected chi connectivity index (χ3v) is 11.7. The molecule has 7 aromatic carbocycles. The number of benzene rings is 7. The van der Waals surface area contributed by atoms with E-state index in [1.54, 1.807) is 0 Å². The highest BCUT2D eigenvalue weighted by Gasteiger charge is 2.52. The summed E-state index contributed by atoms with van der Waals surface area (Å²) in [4.78, 5) is 2.44. The lowest BCUT2D eigenvalue weighted by Gasteiger charge is -2.35. The Balaban J connectivity index is 1.24. The van der Waals surface area contributed by atoms with Crippen LogP contribution in [0.3, 0.4) is 0 Å².